The predicted octanol–water partition coefficient (Wildman–Crippen LogP) is 4.78. The molecule has 218 valence electrons. The van der Waals surface area contributed by atoms with Crippen molar-refractivity contribution in [1.82, 2.24) is 5.32 Å². The molecule has 0 amide bonds. The fourth-order valence-corrected chi connectivity index (χ4v) is 3.70. The van der Waals surface area contributed by atoms with Crippen molar-refractivity contribution in [2.75, 3.05) is 19.7 Å². The zero-order chi connectivity index (χ0) is 30.3. The zero-order valence-electron chi connectivity index (χ0n) is 22.9. The summed E-state index contributed by atoms with van der Waals surface area (Å²) in [5.74, 6) is -2.04. The maximum atomic E-state index is 12.7. The van der Waals surface area contributed by atoms with Gasteiger partial charge in [-0.1, -0.05) is 61.5 Å². The third-order valence-electron chi connectivity index (χ3n) is 5.65. The summed E-state index contributed by atoms with van der Waals surface area (Å²) in [5, 5.41) is 19.3. The van der Waals surface area contributed by atoms with E-state index in [4.69, 9.17) is 24.1 Å². The molecular weight excluding hydrogens is 542 g/mol. The predicted molar refractivity (Wildman–Crippen MR) is 157 cm³/mol. The number of ether oxygens (including phenoxy) is 2. The maximum Gasteiger partial charge on any atom is 0.338 e. The van der Waals surface area contributed by atoms with Crippen LogP contribution in [-0.4, -0.2) is 53.9 Å². The maximum absolute atomic E-state index is 12.7. The number of fused-ring (bicyclic) bond motifs is 1. The van der Waals surface area contributed by atoms with Gasteiger partial charge >= 0.3 is 17.9 Å². The fourth-order valence-electron chi connectivity index (χ4n) is 3.70. The summed E-state index contributed by atoms with van der Waals surface area (Å²) in [6.45, 7) is 3.41. The molecule has 3 aromatic carbocycles. The van der Waals surface area contributed by atoms with Crippen molar-refractivity contribution < 1.29 is 38.5 Å². The lowest BCUT2D eigenvalue weighted by atomic mass is 10.1. The molecule has 0 aliphatic rings. The topological polar surface area (TPSA) is 152 Å². The third-order valence-corrected chi connectivity index (χ3v) is 5.65. The summed E-state index contributed by atoms with van der Waals surface area (Å²) in [6, 6.07) is 25.0. The number of hydrogen-bond acceptors (Lipinski definition) is 8. The van der Waals surface area contributed by atoms with E-state index in [1.54, 1.807) is 42.5 Å². The molecule has 1 unspecified atom stereocenters. The number of aliphatic carboxylic acids is 2. The Bertz CT molecular complexity index is 1550. The van der Waals surface area contributed by atoms with Crippen LogP contribution >= 0.6 is 0 Å². The minimum Gasteiger partial charge on any atom is -0.486 e. The highest BCUT2D eigenvalue weighted by molar-refractivity contribution is 5.90. The molecule has 0 saturated carbocycles. The second kappa shape index (κ2) is 16.1. The Labute approximate surface area is 241 Å². The van der Waals surface area contributed by atoms with Crippen LogP contribution < -0.4 is 15.5 Å². The lowest BCUT2D eigenvalue weighted by Crippen LogP contribution is -2.36. The first-order chi connectivity index (χ1) is 20.3. The number of rotatable bonds is 12. The molecule has 1 heterocycles. The molecule has 4 aromatic rings. The van der Waals surface area contributed by atoms with E-state index in [1.807, 2.05) is 36.4 Å². The first-order valence-corrected chi connectivity index (χ1v) is 13.1. The molecule has 0 radical (unpaired) electrons. The van der Waals surface area contributed by atoms with Gasteiger partial charge in [0.05, 0.1) is 10.9 Å². The Kier molecular flexibility index (Phi) is 12.0. The highest BCUT2D eigenvalue weighted by atomic mass is 16.6. The summed E-state index contributed by atoms with van der Waals surface area (Å²) >= 11 is 0. The van der Waals surface area contributed by atoms with Crippen molar-refractivity contribution in [3.05, 3.63) is 113 Å². The fraction of sp³-hybridized carbons (Fsp3) is 0.188. The molecule has 3 N–H and O–H groups in total. The molecule has 42 heavy (non-hydrogen) atoms. The SMILES string of the molecule is CCCNCC(COc1cccc2c(=O)cc(-c3ccccc3)oc12)OC(=O)c1ccccc1.O=C(O)C=CC(=O)O. The van der Waals surface area contributed by atoms with Crippen molar-refractivity contribution >= 4 is 28.9 Å². The molecule has 0 spiro atoms. The molecule has 10 nitrogen and oxygen atoms in total. The molecule has 4 rings (SSSR count). The monoisotopic (exact) mass is 573 g/mol. The molecule has 0 saturated heterocycles. The minimum absolute atomic E-state index is 0.105. The number of carboxylic acid groups (broad SMARTS) is 2. The van der Waals surface area contributed by atoms with Gasteiger partial charge in [0.15, 0.2) is 16.8 Å². The second-order valence-electron chi connectivity index (χ2n) is 8.89. The lowest BCUT2D eigenvalue weighted by Gasteiger charge is -2.19. The first kappa shape index (κ1) is 31.3. The van der Waals surface area contributed by atoms with Crippen molar-refractivity contribution in [2.45, 2.75) is 19.4 Å². The molecule has 0 bridgehead atoms. The van der Waals surface area contributed by atoms with Crippen molar-refractivity contribution in [3.8, 4) is 17.1 Å². The van der Waals surface area contributed by atoms with Gasteiger partial charge in [-0.05, 0) is 37.2 Å². The Morgan fingerprint density at radius 3 is 2.17 bits per heavy atom. The van der Waals surface area contributed by atoms with E-state index >= 15 is 0 Å². The number of para-hydroxylation sites is 1. The minimum atomic E-state index is -1.26. The summed E-state index contributed by atoms with van der Waals surface area (Å²) in [6.07, 6.45) is 1.54. The van der Waals surface area contributed by atoms with Gasteiger partial charge in [0.2, 0.25) is 0 Å². The van der Waals surface area contributed by atoms with E-state index in [1.165, 1.54) is 6.07 Å². The van der Waals surface area contributed by atoms with Crippen LogP contribution in [-0.2, 0) is 14.3 Å². The second-order valence-corrected chi connectivity index (χ2v) is 8.89. The Morgan fingerprint density at radius 1 is 0.905 bits per heavy atom. The molecule has 1 aromatic heterocycles. The van der Waals surface area contributed by atoms with Crippen LogP contribution in [0.4, 0.5) is 0 Å². The number of hydrogen-bond donors (Lipinski definition) is 3. The smallest absolute Gasteiger partial charge is 0.338 e. The highest BCUT2D eigenvalue weighted by Crippen LogP contribution is 2.28. The van der Waals surface area contributed by atoms with Crippen LogP contribution in [0.2, 0.25) is 0 Å². The van der Waals surface area contributed by atoms with Gasteiger partial charge in [-0.2, -0.15) is 0 Å². The highest BCUT2D eigenvalue weighted by Gasteiger charge is 2.18. The Morgan fingerprint density at radius 2 is 1.55 bits per heavy atom. The normalized spacial score (nSPS) is 11.4. The summed E-state index contributed by atoms with van der Waals surface area (Å²) in [5.41, 5.74) is 1.49. The number of carboxylic acids is 2. The molecule has 10 heteroatoms. The Hall–Kier alpha value is -5.22. The van der Waals surface area contributed by atoms with Gasteiger partial charge in [-0.15, -0.1) is 0 Å². The van der Waals surface area contributed by atoms with Crippen LogP contribution in [0.25, 0.3) is 22.3 Å². The molecule has 0 fully saturated rings. The van der Waals surface area contributed by atoms with Crippen LogP contribution in [0.15, 0.2) is 106 Å². The van der Waals surface area contributed by atoms with Gasteiger partial charge in [0.1, 0.15) is 18.5 Å². The van der Waals surface area contributed by atoms with E-state index < -0.39 is 24.0 Å². The van der Waals surface area contributed by atoms with Crippen LogP contribution in [0.1, 0.15) is 23.7 Å². The standard InChI is InChI=1S/C28H27NO5.C4H4O4/c1-2-16-29-18-22(33-28(31)21-12-7-4-8-13-21)19-32-25-15-9-14-23-24(30)17-26(34-27(23)25)20-10-5-3-6-11-20;5-3(6)1-2-4(7)8/h3-15,17,22,29H,2,16,18-19H2,1H3;1-2H,(H,5,6)(H,7,8). The van der Waals surface area contributed by atoms with E-state index in [9.17, 15) is 19.2 Å². The van der Waals surface area contributed by atoms with Crippen molar-refractivity contribution in [3.63, 3.8) is 0 Å². The van der Waals surface area contributed by atoms with Gasteiger partial charge in [-0.25, -0.2) is 14.4 Å². The summed E-state index contributed by atoms with van der Waals surface area (Å²) < 4.78 is 17.9. The number of nitrogens with one attached hydrogen (secondary N) is 1. The Balaban J connectivity index is 0.000000531. The first-order valence-electron chi connectivity index (χ1n) is 13.1. The van der Waals surface area contributed by atoms with Crippen LogP contribution in [0.5, 0.6) is 5.75 Å². The van der Waals surface area contributed by atoms with E-state index in [-0.39, 0.29) is 12.0 Å². The van der Waals surface area contributed by atoms with Gasteiger partial charge in [-0.3, -0.25) is 4.79 Å². The summed E-state index contributed by atoms with van der Waals surface area (Å²) in [4.78, 5) is 44.4. The van der Waals surface area contributed by atoms with E-state index in [0.29, 0.717) is 46.7 Å². The van der Waals surface area contributed by atoms with Crippen molar-refractivity contribution in [2.24, 2.45) is 0 Å². The zero-order valence-corrected chi connectivity index (χ0v) is 22.9. The van der Waals surface area contributed by atoms with Crippen LogP contribution in [0.3, 0.4) is 0 Å². The number of carbonyl (C=O) groups is 3. The van der Waals surface area contributed by atoms with Gasteiger partial charge in [0, 0.05) is 30.3 Å². The van der Waals surface area contributed by atoms with Crippen LogP contribution in [0, 0.1) is 0 Å². The average molecular weight is 574 g/mol. The van der Waals surface area contributed by atoms with Gasteiger partial charge in [0.25, 0.3) is 0 Å². The molecule has 0 aliphatic carbocycles. The third kappa shape index (κ3) is 9.76. The van der Waals surface area contributed by atoms with Gasteiger partial charge < -0.3 is 29.4 Å². The van der Waals surface area contributed by atoms with E-state index in [0.717, 1.165) is 18.5 Å². The largest absolute Gasteiger partial charge is 0.486 e. The number of benzene rings is 3. The van der Waals surface area contributed by atoms with Crippen molar-refractivity contribution in [1.29, 1.82) is 0 Å². The molecular formula is C32H31NO9. The summed E-state index contributed by atoms with van der Waals surface area (Å²) in [7, 11) is 0. The number of esters is 1. The molecule has 0 aliphatic heterocycles. The molecule has 1 atom stereocenters. The number of carbonyl (C=O) groups excluding carboxylic acids is 1. The quantitative estimate of drug-likeness (QED) is 0.123. The average Bonchev–Trinajstić information content (AvgIpc) is 3.00. The van der Waals surface area contributed by atoms with E-state index in [2.05, 4.69) is 12.2 Å². The lowest BCUT2D eigenvalue weighted by molar-refractivity contribution is -0.134.